The van der Waals surface area contributed by atoms with Crippen molar-refractivity contribution < 1.29 is 14.6 Å². The summed E-state index contributed by atoms with van der Waals surface area (Å²) in [6.07, 6.45) is 0.398. The van der Waals surface area contributed by atoms with Crippen LogP contribution in [0.2, 0.25) is 0 Å². The van der Waals surface area contributed by atoms with Crippen molar-refractivity contribution in [2.24, 2.45) is 0 Å². The van der Waals surface area contributed by atoms with E-state index in [0.717, 1.165) is 11.1 Å². The van der Waals surface area contributed by atoms with Crippen LogP contribution < -0.4 is 5.63 Å². The zero-order chi connectivity index (χ0) is 20.1. The Hall–Kier alpha value is -2.85. The first kappa shape index (κ1) is 19.9. The molecule has 0 aliphatic rings. The van der Waals surface area contributed by atoms with E-state index in [-0.39, 0.29) is 17.2 Å². The van der Waals surface area contributed by atoms with Crippen molar-refractivity contribution in [1.29, 1.82) is 0 Å². The molecule has 4 heteroatoms. The Morgan fingerprint density at radius 3 is 1.96 bits per heavy atom. The predicted molar refractivity (Wildman–Crippen MR) is 110 cm³/mol. The highest BCUT2D eigenvalue weighted by molar-refractivity contribution is 5.40. The molecule has 2 aromatic carbocycles. The molecule has 28 heavy (non-hydrogen) atoms. The number of rotatable bonds is 7. The minimum absolute atomic E-state index is 0.0827. The largest absolute Gasteiger partial charge is 0.507 e. The van der Waals surface area contributed by atoms with Crippen LogP contribution in [0.25, 0.3) is 0 Å². The molecule has 3 aromatic rings. The first-order chi connectivity index (χ1) is 13.6. The molecule has 0 saturated heterocycles. The highest BCUT2D eigenvalue weighted by Gasteiger charge is 2.27. The Kier molecular flexibility index (Phi) is 6.32. The molecule has 4 nitrogen and oxygen atoms in total. The Bertz CT molecular complexity index is 947. The Balaban J connectivity index is 2.00. The molecule has 0 radical (unpaired) electrons. The highest BCUT2D eigenvalue weighted by Crippen LogP contribution is 2.37. The van der Waals surface area contributed by atoms with Gasteiger partial charge in [-0.05, 0) is 24.0 Å². The lowest BCUT2D eigenvalue weighted by molar-refractivity contribution is 0.129. The molecule has 1 heterocycles. The van der Waals surface area contributed by atoms with Crippen LogP contribution in [0, 0.1) is 0 Å². The number of aliphatic hydroxyl groups is 1. The van der Waals surface area contributed by atoms with Crippen molar-refractivity contribution in [1.82, 2.24) is 0 Å². The maximum absolute atomic E-state index is 12.8. The third kappa shape index (κ3) is 4.02. The first-order valence-corrected chi connectivity index (χ1v) is 9.71. The minimum Gasteiger partial charge on any atom is -0.507 e. The Morgan fingerprint density at radius 1 is 0.893 bits per heavy atom. The van der Waals surface area contributed by atoms with Crippen LogP contribution >= 0.6 is 0 Å². The minimum atomic E-state index is -0.823. The summed E-state index contributed by atoms with van der Waals surface area (Å²) in [5, 5.41) is 21.5. The van der Waals surface area contributed by atoms with Crippen molar-refractivity contribution in [2.75, 3.05) is 0 Å². The summed E-state index contributed by atoms with van der Waals surface area (Å²) in [5.74, 6) is -0.453. The van der Waals surface area contributed by atoms with E-state index in [2.05, 4.69) is 0 Å². The van der Waals surface area contributed by atoms with Crippen LogP contribution in [0.4, 0.5) is 0 Å². The third-order valence-corrected chi connectivity index (χ3v) is 5.27. The van der Waals surface area contributed by atoms with E-state index in [0.29, 0.717) is 18.6 Å². The lowest BCUT2D eigenvalue weighted by atomic mass is 9.87. The second kappa shape index (κ2) is 8.89. The molecule has 0 aliphatic heterocycles. The fourth-order valence-corrected chi connectivity index (χ4v) is 3.77. The van der Waals surface area contributed by atoms with Crippen LogP contribution in [0.1, 0.15) is 67.1 Å². The molecule has 0 amide bonds. The van der Waals surface area contributed by atoms with Gasteiger partial charge in [0.15, 0.2) is 0 Å². The van der Waals surface area contributed by atoms with Gasteiger partial charge in [-0.3, -0.25) is 0 Å². The molecule has 0 fully saturated rings. The topological polar surface area (TPSA) is 70.7 Å². The number of benzene rings is 2. The first-order valence-electron chi connectivity index (χ1n) is 9.71. The molecule has 3 atom stereocenters. The number of hydrogen-bond acceptors (Lipinski definition) is 4. The summed E-state index contributed by atoms with van der Waals surface area (Å²) in [6.45, 7) is 3.89. The Morgan fingerprint density at radius 2 is 1.46 bits per heavy atom. The van der Waals surface area contributed by atoms with Crippen LogP contribution in [0.15, 0.2) is 75.9 Å². The van der Waals surface area contributed by atoms with Gasteiger partial charge in [0, 0.05) is 17.9 Å². The van der Waals surface area contributed by atoms with E-state index in [9.17, 15) is 15.0 Å². The van der Waals surface area contributed by atoms with E-state index in [4.69, 9.17) is 4.42 Å². The maximum atomic E-state index is 12.8. The molecule has 0 aliphatic carbocycles. The monoisotopic (exact) mass is 378 g/mol. The van der Waals surface area contributed by atoms with E-state index in [1.54, 1.807) is 0 Å². The number of hydrogen-bond donors (Lipinski definition) is 2. The zero-order valence-electron chi connectivity index (χ0n) is 16.2. The van der Waals surface area contributed by atoms with E-state index in [1.165, 1.54) is 6.07 Å². The standard InChI is InChI=1S/C24H26O4/c1-3-18(16-11-7-5-8-12-16)22-20(25)15-21(28-24(22)27)19(4-2)23(26)17-13-9-6-10-14-17/h5-15,18-19,23,25-26H,3-4H2,1-2H3/t18-,19-,23-/m0/s1. The van der Waals surface area contributed by atoms with Gasteiger partial charge in [-0.1, -0.05) is 74.5 Å². The van der Waals surface area contributed by atoms with Crippen molar-refractivity contribution in [3.63, 3.8) is 0 Å². The van der Waals surface area contributed by atoms with Gasteiger partial charge in [0.1, 0.15) is 11.5 Å². The molecule has 146 valence electrons. The summed E-state index contributed by atoms with van der Waals surface area (Å²) in [6, 6.07) is 20.4. The molecule has 2 N–H and O–H groups in total. The molecule has 0 spiro atoms. The van der Waals surface area contributed by atoms with Gasteiger partial charge in [-0.25, -0.2) is 4.79 Å². The van der Waals surface area contributed by atoms with Gasteiger partial charge >= 0.3 is 5.63 Å². The van der Waals surface area contributed by atoms with E-state index >= 15 is 0 Å². The fourth-order valence-electron chi connectivity index (χ4n) is 3.77. The molecule has 0 unspecified atom stereocenters. The smallest absolute Gasteiger partial charge is 0.343 e. The summed E-state index contributed by atoms with van der Waals surface area (Å²) in [5.41, 5.74) is 1.42. The molecule has 1 aromatic heterocycles. The number of aliphatic hydroxyl groups excluding tert-OH is 1. The van der Waals surface area contributed by atoms with Crippen molar-refractivity contribution in [3.05, 3.63) is 99.6 Å². The molecule has 0 bridgehead atoms. The van der Waals surface area contributed by atoms with Crippen LogP contribution in [-0.2, 0) is 0 Å². The predicted octanol–water partition coefficient (Wildman–Crippen LogP) is 5.11. The van der Waals surface area contributed by atoms with Crippen LogP contribution in [-0.4, -0.2) is 10.2 Å². The molecular formula is C24H26O4. The summed E-state index contributed by atoms with van der Waals surface area (Å²) in [4.78, 5) is 12.8. The SMILES string of the molecule is CC[C@@H](c1ccccc1)c1c(O)cc([C@H](CC)[C@@H](O)c2ccccc2)oc1=O. The van der Waals surface area contributed by atoms with Crippen molar-refractivity contribution >= 4 is 0 Å². The van der Waals surface area contributed by atoms with E-state index in [1.807, 2.05) is 74.5 Å². The second-order valence-corrected chi connectivity index (χ2v) is 6.98. The van der Waals surface area contributed by atoms with Crippen molar-refractivity contribution in [3.8, 4) is 5.75 Å². The molecule has 0 saturated carbocycles. The van der Waals surface area contributed by atoms with Gasteiger partial charge in [-0.2, -0.15) is 0 Å². The number of aromatic hydroxyl groups is 1. The normalized spacial score (nSPS) is 14.4. The second-order valence-electron chi connectivity index (χ2n) is 6.98. The van der Waals surface area contributed by atoms with E-state index < -0.39 is 17.6 Å². The lowest BCUT2D eigenvalue weighted by Gasteiger charge is -2.22. The molecular weight excluding hydrogens is 352 g/mol. The summed E-state index contributed by atoms with van der Waals surface area (Å²) in [7, 11) is 0. The lowest BCUT2D eigenvalue weighted by Crippen LogP contribution is -2.17. The maximum Gasteiger partial charge on any atom is 0.343 e. The Labute approximate surface area is 165 Å². The summed E-state index contributed by atoms with van der Waals surface area (Å²) < 4.78 is 5.61. The highest BCUT2D eigenvalue weighted by atomic mass is 16.4. The van der Waals surface area contributed by atoms with Crippen LogP contribution in [0.5, 0.6) is 5.75 Å². The van der Waals surface area contributed by atoms with Crippen LogP contribution in [0.3, 0.4) is 0 Å². The van der Waals surface area contributed by atoms with Gasteiger partial charge in [-0.15, -0.1) is 0 Å². The van der Waals surface area contributed by atoms with Gasteiger partial charge in [0.2, 0.25) is 0 Å². The average Bonchev–Trinajstić information content (AvgIpc) is 2.72. The third-order valence-electron chi connectivity index (χ3n) is 5.27. The van der Waals surface area contributed by atoms with Gasteiger partial charge < -0.3 is 14.6 Å². The van der Waals surface area contributed by atoms with Gasteiger partial charge in [0.05, 0.1) is 11.7 Å². The van der Waals surface area contributed by atoms with Gasteiger partial charge in [0.25, 0.3) is 0 Å². The van der Waals surface area contributed by atoms with Crippen molar-refractivity contribution in [2.45, 2.75) is 44.6 Å². The average molecular weight is 378 g/mol. The molecule has 3 rings (SSSR count). The fraction of sp³-hybridized carbons (Fsp3) is 0.292. The summed E-state index contributed by atoms with van der Waals surface area (Å²) >= 11 is 0. The zero-order valence-corrected chi connectivity index (χ0v) is 16.2. The quantitative estimate of drug-likeness (QED) is 0.599.